The molecule has 2 heterocycles. The van der Waals surface area contributed by atoms with Gasteiger partial charge in [0.1, 0.15) is 17.9 Å². The van der Waals surface area contributed by atoms with Gasteiger partial charge in [-0.2, -0.15) is 0 Å². The molecule has 0 aliphatic carbocycles. The van der Waals surface area contributed by atoms with Crippen molar-refractivity contribution in [3.05, 3.63) is 84.3 Å². The maximum Gasteiger partial charge on any atom is 0.141 e. The number of ether oxygens (including phenoxy) is 1. The SMILES string of the molecule is COc1cc2ncnc(Nc3ccc4[nH]ccc4c3)c2cc1C=Cc1ccc(N)cc1. The summed E-state index contributed by atoms with van der Waals surface area (Å²) in [7, 11) is 1.66. The normalized spacial score (nSPS) is 11.4. The molecular formula is C25H21N5O. The predicted octanol–water partition coefficient (Wildman–Crippen LogP) is 5.62. The second kappa shape index (κ2) is 7.84. The van der Waals surface area contributed by atoms with Crippen molar-refractivity contribution in [2.45, 2.75) is 0 Å². The van der Waals surface area contributed by atoms with Gasteiger partial charge < -0.3 is 20.8 Å². The number of rotatable bonds is 5. The predicted molar refractivity (Wildman–Crippen MR) is 127 cm³/mol. The molecule has 0 unspecified atom stereocenters. The number of aromatic nitrogens is 3. The van der Waals surface area contributed by atoms with E-state index in [2.05, 4.69) is 26.3 Å². The van der Waals surface area contributed by atoms with E-state index in [-0.39, 0.29) is 0 Å². The molecule has 6 nitrogen and oxygen atoms in total. The van der Waals surface area contributed by atoms with Gasteiger partial charge >= 0.3 is 0 Å². The lowest BCUT2D eigenvalue weighted by molar-refractivity contribution is 0.414. The average Bonchev–Trinajstić information content (AvgIpc) is 3.26. The Morgan fingerprint density at radius 2 is 1.84 bits per heavy atom. The summed E-state index contributed by atoms with van der Waals surface area (Å²) in [5, 5.41) is 5.48. The largest absolute Gasteiger partial charge is 0.496 e. The van der Waals surface area contributed by atoms with Gasteiger partial charge in [0.05, 0.1) is 12.6 Å². The molecule has 5 aromatic rings. The zero-order valence-corrected chi connectivity index (χ0v) is 17.0. The highest BCUT2D eigenvalue weighted by Crippen LogP contribution is 2.31. The van der Waals surface area contributed by atoms with Crippen molar-refractivity contribution in [1.82, 2.24) is 15.0 Å². The summed E-state index contributed by atoms with van der Waals surface area (Å²) in [5.41, 5.74) is 11.4. The number of hydrogen-bond donors (Lipinski definition) is 3. The molecule has 0 saturated heterocycles. The van der Waals surface area contributed by atoms with Crippen LogP contribution in [0.5, 0.6) is 5.75 Å². The Balaban J connectivity index is 1.54. The van der Waals surface area contributed by atoms with E-state index in [1.165, 1.54) is 0 Å². The van der Waals surface area contributed by atoms with Crippen molar-refractivity contribution in [2.75, 3.05) is 18.2 Å². The fourth-order valence-corrected chi connectivity index (χ4v) is 3.57. The molecular weight excluding hydrogens is 386 g/mol. The molecule has 31 heavy (non-hydrogen) atoms. The van der Waals surface area contributed by atoms with E-state index in [0.29, 0.717) is 0 Å². The number of H-pyrrole nitrogens is 1. The maximum absolute atomic E-state index is 5.78. The summed E-state index contributed by atoms with van der Waals surface area (Å²) in [6.07, 6.45) is 7.54. The number of fused-ring (bicyclic) bond motifs is 2. The Bertz CT molecular complexity index is 1400. The summed E-state index contributed by atoms with van der Waals surface area (Å²) in [6, 6.07) is 19.9. The van der Waals surface area contributed by atoms with Crippen LogP contribution in [0.1, 0.15) is 11.1 Å². The Kier molecular flexibility index (Phi) is 4.72. The second-order valence-electron chi connectivity index (χ2n) is 7.24. The lowest BCUT2D eigenvalue weighted by Crippen LogP contribution is -1.97. The van der Waals surface area contributed by atoms with Crippen LogP contribution in [-0.2, 0) is 0 Å². The molecule has 0 saturated carbocycles. The summed E-state index contributed by atoms with van der Waals surface area (Å²) in [5.74, 6) is 1.49. The molecule has 0 aliphatic rings. The van der Waals surface area contributed by atoms with E-state index in [0.717, 1.165) is 55.9 Å². The highest BCUT2D eigenvalue weighted by molar-refractivity contribution is 5.95. The third kappa shape index (κ3) is 3.79. The van der Waals surface area contributed by atoms with Crippen molar-refractivity contribution in [1.29, 1.82) is 0 Å². The fourth-order valence-electron chi connectivity index (χ4n) is 3.57. The van der Waals surface area contributed by atoms with E-state index in [1.54, 1.807) is 13.4 Å². The first-order chi connectivity index (χ1) is 15.2. The van der Waals surface area contributed by atoms with E-state index in [1.807, 2.05) is 72.9 Å². The van der Waals surface area contributed by atoms with Crippen LogP contribution in [0.25, 0.3) is 34.0 Å². The molecule has 0 radical (unpaired) electrons. The van der Waals surface area contributed by atoms with Gasteiger partial charge in [-0.05, 0) is 48.0 Å². The third-order valence-electron chi connectivity index (χ3n) is 5.19. The minimum atomic E-state index is 0.740. The molecule has 2 aromatic heterocycles. The van der Waals surface area contributed by atoms with Crippen LogP contribution in [0.4, 0.5) is 17.2 Å². The van der Waals surface area contributed by atoms with Crippen molar-refractivity contribution in [2.24, 2.45) is 0 Å². The number of benzene rings is 3. The van der Waals surface area contributed by atoms with Crippen LogP contribution in [-0.4, -0.2) is 22.1 Å². The van der Waals surface area contributed by atoms with Crippen molar-refractivity contribution in [3.8, 4) is 5.75 Å². The third-order valence-corrected chi connectivity index (χ3v) is 5.19. The van der Waals surface area contributed by atoms with E-state index >= 15 is 0 Å². The monoisotopic (exact) mass is 407 g/mol. The van der Waals surface area contributed by atoms with Gasteiger partial charge in [0.25, 0.3) is 0 Å². The zero-order chi connectivity index (χ0) is 21.2. The standard InChI is InChI=1S/C25H21N5O/c1-31-24-14-23-21(13-18(24)5-2-16-3-6-19(26)7-4-16)25(29-15-28-23)30-20-8-9-22-17(12-20)10-11-27-22/h2-15,27H,26H2,1H3,(H,28,29,30). The Labute approximate surface area is 179 Å². The van der Waals surface area contributed by atoms with Crippen LogP contribution in [0.2, 0.25) is 0 Å². The molecule has 152 valence electrons. The van der Waals surface area contributed by atoms with Gasteiger partial charge in [0, 0.05) is 45.5 Å². The minimum absolute atomic E-state index is 0.740. The van der Waals surface area contributed by atoms with Crippen LogP contribution in [0, 0.1) is 0 Å². The van der Waals surface area contributed by atoms with E-state index < -0.39 is 0 Å². The number of anilines is 3. The molecule has 0 aliphatic heterocycles. The molecule has 5 rings (SSSR count). The van der Waals surface area contributed by atoms with E-state index in [4.69, 9.17) is 10.5 Å². The highest BCUT2D eigenvalue weighted by atomic mass is 16.5. The number of nitrogen functional groups attached to an aromatic ring is 1. The second-order valence-corrected chi connectivity index (χ2v) is 7.24. The lowest BCUT2D eigenvalue weighted by Gasteiger charge is -2.11. The molecule has 0 fully saturated rings. The number of nitrogens with zero attached hydrogens (tertiary/aromatic N) is 2. The van der Waals surface area contributed by atoms with Crippen LogP contribution in [0.3, 0.4) is 0 Å². The Hall–Kier alpha value is -4.32. The smallest absolute Gasteiger partial charge is 0.141 e. The van der Waals surface area contributed by atoms with E-state index in [9.17, 15) is 0 Å². The van der Waals surface area contributed by atoms with Crippen LogP contribution < -0.4 is 15.8 Å². The van der Waals surface area contributed by atoms with Crippen LogP contribution in [0.15, 0.2) is 73.2 Å². The van der Waals surface area contributed by atoms with Crippen LogP contribution >= 0.6 is 0 Å². The first kappa shape index (κ1) is 18.7. The number of methoxy groups -OCH3 is 1. The molecule has 0 amide bonds. The first-order valence-corrected chi connectivity index (χ1v) is 9.90. The van der Waals surface area contributed by atoms with Gasteiger partial charge in [0.2, 0.25) is 0 Å². The topological polar surface area (TPSA) is 88.9 Å². The number of nitrogens with two attached hydrogens (primary N) is 1. The van der Waals surface area contributed by atoms with Gasteiger partial charge in [-0.15, -0.1) is 0 Å². The van der Waals surface area contributed by atoms with Crippen molar-refractivity contribution >= 4 is 51.2 Å². The average molecular weight is 407 g/mol. The fraction of sp³-hybridized carbons (Fsp3) is 0.0400. The molecule has 0 atom stereocenters. The number of hydrogen-bond acceptors (Lipinski definition) is 5. The summed E-state index contributed by atoms with van der Waals surface area (Å²) < 4.78 is 5.60. The number of nitrogens with one attached hydrogen (secondary N) is 2. The zero-order valence-electron chi connectivity index (χ0n) is 17.0. The molecule has 0 spiro atoms. The Morgan fingerprint density at radius 3 is 2.68 bits per heavy atom. The number of aromatic amines is 1. The van der Waals surface area contributed by atoms with Gasteiger partial charge in [0.15, 0.2) is 0 Å². The lowest BCUT2D eigenvalue weighted by atomic mass is 10.1. The van der Waals surface area contributed by atoms with Crippen molar-refractivity contribution < 1.29 is 4.74 Å². The summed E-state index contributed by atoms with van der Waals surface area (Å²) >= 11 is 0. The van der Waals surface area contributed by atoms with Gasteiger partial charge in [-0.25, -0.2) is 9.97 Å². The minimum Gasteiger partial charge on any atom is -0.496 e. The summed E-state index contributed by atoms with van der Waals surface area (Å²) in [6.45, 7) is 0. The quantitative estimate of drug-likeness (QED) is 0.260. The van der Waals surface area contributed by atoms with Gasteiger partial charge in [-0.3, -0.25) is 0 Å². The molecule has 6 heteroatoms. The molecule has 4 N–H and O–H groups in total. The first-order valence-electron chi connectivity index (χ1n) is 9.90. The maximum atomic E-state index is 5.78. The molecule has 3 aromatic carbocycles. The van der Waals surface area contributed by atoms with Crippen molar-refractivity contribution in [3.63, 3.8) is 0 Å². The van der Waals surface area contributed by atoms with Gasteiger partial charge in [-0.1, -0.05) is 24.3 Å². The Morgan fingerprint density at radius 1 is 0.968 bits per heavy atom. The molecule has 0 bridgehead atoms. The highest BCUT2D eigenvalue weighted by Gasteiger charge is 2.10. The summed E-state index contributed by atoms with van der Waals surface area (Å²) in [4.78, 5) is 12.1.